The van der Waals surface area contributed by atoms with Crippen molar-refractivity contribution in [3.8, 4) is 11.8 Å². The van der Waals surface area contributed by atoms with Gasteiger partial charge in [-0.05, 0) is 61.9 Å². The number of ether oxygens (including phenoxy) is 2. The minimum absolute atomic E-state index is 0.165. The second-order valence-electron chi connectivity index (χ2n) is 7.01. The first-order chi connectivity index (χ1) is 15.4. The number of nitriles is 1. The molecule has 3 rings (SSSR count). The van der Waals surface area contributed by atoms with Gasteiger partial charge in [0.05, 0.1) is 12.2 Å². The Morgan fingerprint density at radius 2 is 2.06 bits per heavy atom. The molecule has 166 valence electrons. The molecule has 0 unspecified atom stereocenters. The van der Waals surface area contributed by atoms with Gasteiger partial charge in [0.25, 0.3) is 5.91 Å². The number of carbonyl (C=O) groups is 3. The van der Waals surface area contributed by atoms with E-state index in [0.29, 0.717) is 21.9 Å². The van der Waals surface area contributed by atoms with Crippen LogP contribution in [-0.4, -0.2) is 36.2 Å². The summed E-state index contributed by atoms with van der Waals surface area (Å²) >= 11 is 1.35. The second kappa shape index (κ2) is 10.6. The molecular formula is C23H22N2O6S. The normalized spacial score (nSPS) is 12.9. The highest BCUT2D eigenvalue weighted by Gasteiger charge is 2.27. The van der Waals surface area contributed by atoms with Gasteiger partial charge in [-0.3, -0.25) is 4.79 Å². The predicted molar refractivity (Wildman–Crippen MR) is 119 cm³/mol. The molecule has 0 bridgehead atoms. The molecule has 1 aromatic carbocycles. The third-order valence-electron chi connectivity index (χ3n) is 4.77. The molecule has 1 heterocycles. The Balaban J connectivity index is 1.85. The fourth-order valence-electron chi connectivity index (χ4n) is 3.40. The summed E-state index contributed by atoms with van der Waals surface area (Å²) in [6, 6.07) is 8.27. The Hall–Kier alpha value is -3.64. The second-order valence-corrected chi connectivity index (χ2v) is 8.12. The third kappa shape index (κ3) is 5.53. The molecule has 9 heteroatoms. The molecule has 1 aliphatic carbocycles. The van der Waals surface area contributed by atoms with Crippen molar-refractivity contribution >= 4 is 40.3 Å². The average Bonchev–Trinajstić information content (AvgIpc) is 3.14. The van der Waals surface area contributed by atoms with Gasteiger partial charge in [0, 0.05) is 4.88 Å². The molecule has 32 heavy (non-hydrogen) atoms. The quantitative estimate of drug-likeness (QED) is 0.353. The molecule has 2 aromatic rings. The van der Waals surface area contributed by atoms with E-state index in [1.54, 1.807) is 25.1 Å². The Morgan fingerprint density at radius 1 is 1.28 bits per heavy atom. The smallest absolute Gasteiger partial charge is 0.341 e. The number of benzene rings is 1. The van der Waals surface area contributed by atoms with Crippen LogP contribution in [0.5, 0.6) is 5.75 Å². The molecule has 1 aromatic heterocycles. The number of nitrogens with one attached hydrogen (secondary N) is 1. The predicted octanol–water partition coefficient (Wildman–Crippen LogP) is 3.81. The monoisotopic (exact) mass is 454 g/mol. The lowest BCUT2D eigenvalue weighted by Gasteiger charge is -2.12. The minimum Gasteiger partial charge on any atom is -0.482 e. The number of rotatable bonds is 8. The van der Waals surface area contributed by atoms with Gasteiger partial charge in [0.1, 0.15) is 22.4 Å². The van der Waals surface area contributed by atoms with Crippen LogP contribution in [0.15, 0.2) is 29.8 Å². The summed E-state index contributed by atoms with van der Waals surface area (Å²) in [6.07, 6.45) is 4.95. The van der Waals surface area contributed by atoms with E-state index in [1.807, 2.05) is 6.07 Å². The summed E-state index contributed by atoms with van der Waals surface area (Å²) in [7, 11) is 0. The van der Waals surface area contributed by atoms with E-state index < -0.39 is 24.5 Å². The van der Waals surface area contributed by atoms with Gasteiger partial charge in [-0.25, -0.2) is 9.59 Å². The summed E-state index contributed by atoms with van der Waals surface area (Å²) in [5.74, 6) is -1.94. The van der Waals surface area contributed by atoms with Crippen LogP contribution in [0.25, 0.3) is 6.08 Å². The van der Waals surface area contributed by atoms with Gasteiger partial charge in [0.2, 0.25) is 0 Å². The van der Waals surface area contributed by atoms with Gasteiger partial charge in [-0.15, -0.1) is 11.3 Å². The first-order valence-corrected chi connectivity index (χ1v) is 10.9. The molecule has 1 aliphatic rings. The number of carboxylic acids is 1. The molecule has 0 radical (unpaired) electrons. The highest BCUT2D eigenvalue weighted by atomic mass is 32.1. The van der Waals surface area contributed by atoms with Crippen LogP contribution >= 0.6 is 11.3 Å². The summed E-state index contributed by atoms with van der Waals surface area (Å²) < 4.78 is 10.3. The van der Waals surface area contributed by atoms with Gasteiger partial charge in [-0.1, -0.05) is 12.1 Å². The lowest BCUT2D eigenvalue weighted by Crippen LogP contribution is -2.16. The number of carboxylic acid groups (broad SMARTS) is 1. The number of aliphatic carboxylic acids is 1. The number of anilines is 1. The van der Waals surface area contributed by atoms with Gasteiger partial charge < -0.3 is 19.9 Å². The van der Waals surface area contributed by atoms with Crippen molar-refractivity contribution < 1.29 is 29.0 Å². The highest BCUT2D eigenvalue weighted by molar-refractivity contribution is 7.17. The van der Waals surface area contributed by atoms with Crippen LogP contribution < -0.4 is 10.1 Å². The molecule has 0 atom stereocenters. The Morgan fingerprint density at radius 3 is 2.78 bits per heavy atom. The zero-order valence-electron chi connectivity index (χ0n) is 17.5. The Labute approximate surface area is 189 Å². The van der Waals surface area contributed by atoms with Crippen LogP contribution in [0.2, 0.25) is 0 Å². The van der Waals surface area contributed by atoms with Gasteiger partial charge >= 0.3 is 11.9 Å². The minimum atomic E-state index is -1.11. The van der Waals surface area contributed by atoms with Crippen molar-refractivity contribution in [1.82, 2.24) is 0 Å². The molecule has 0 saturated heterocycles. The number of esters is 1. The molecule has 0 aliphatic heterocycles. The Bertz CT molecular complexity index is 1110. The molecule has 0 fully saturated rings. The van der Waals surface area contributed by atoms with Crippen LogP contribution in [-0.2, 0) is 27.2 Å². The SMILES string of the molecule is CCOC(=O)c1c(NC(=O)/C(C#N)=C/c2cccc(OCC(=O)O)c2)sc2c1CCCC2. The lowest BCUT2D eigenvalue weighted by atomic mass is 9.95. The van der Waals surface area contributed by atoms with Crippen molar-refractivity contribution in [2.75, 3.05) is 18.5 Å². The van der Waals surface area contributed by atoms with E-state index in [0.717, 1.165) is 36.1 Å². The number of carbonyl (C=O) groups excluding carboxylic acids is 2. The summed E-state index contributed by atoms with van der Waals surface area (Å²) in [4.78, 5) is 37.1. The topological polar surface area (TPSA) is 126 Å². The first-order valence-electron chi connectivity index (χ1n) is 10.1. The van der Waals surface area contributed by atoms with E-state index >= 15 is 0 Å². The number of amides is 1. The number of aryl methyl sites for hydroxylation is 1. The molecule has 1 amide bonds. The van der Waals surface area contributed by atoms with Crippen molar-refractivity contribution in [2.24, 2.45) is 0 Å². The molecule has 8 nitrogen and oxygen atoms in total. The average molecular weight is 455 g/mol. The van der Waals surface area contributed by atoms with Crippen LogP contribution in [0.3, 0.4) is 0 Å². The van der Waals surface area contributed by atoms with Crippen molar-refractivity contribution in [1.29, 1.82) is 5.26 Å². The summed E-state index contributed by atoms with van der Waals surface area (Å²) in [5.41, 5.74) is 1.62. The van der Waals surface area contributed by atoms with E-state index in [1.165, 1.54) is 23.5 Å². The number of thiophene rings is 1. The largest absolute Gasteiger partial charge is 0.482 e. The number of nitrogens with zero attached hydrogens (tertiary/aromatic N) is 1. The van der Waals surface area contributed by atoms with Crippen LogP contribution in [0.1, 0.15) is 46.1 Å². The number of hydrogen-bond donors (Lipinski definition) is 2. The number of fused-ring (bicyclic) bond motifs is 1. The number of hydrogen-bond acceptors (Lipinski definition) is 7. The van der Waals surface area contributed by atoms with E-state index in [4.69, 9.17) is 14.6 Å². The zero-order valence-corrected chi connectivity index (χ0v) is 18.3. The lowest BCUT2D eigenvalue weighted by molar-refractivity contribution is -0.139. The van der Waals surface area contributed by atoms with Gasteiger partial charge in [-0.2, -0.15) is 5.26 Å². The maximum atomic E-state index is 12.8. The van der Waals surface area contributed by atoms with Crippen molar-refractivity contribution in [3.63, 3.8) is 0 Å². The molecule has 0 saturated carbocycles. The van der Waals surface area contributed by atoms with Crippen LogP contribution in [0, 0.1) is 11.3 Å². The van der Waals surface area contributed by atoms with Crippen molar-refractivity contribution in [3.05, 3.63) is 51.4 Å². The van der Waals surface area contributed by atoms with E-state index in [-0.39, 0.29) is 12.2 Å². The van der Waals surface area contributed by atoms with Crippen LogP contribution in [0.4, 0.5) is 5.00 Å². The Kier molecular flexibility index (Phi) is 7.63. The van der Waals surface area contributed by atoms with E-state index in [2.05, 4.69) is 5.32 Å². The molecule has 0 spiro atoms. The maximum Gasteiger partial charge on any atom is 0.341 e. The molecule has 2 N–H and O–H groups in total. The third-order valence-corrected chi connectivity index (χ3v) is 5.98. The summed E-state index contributed by atoms with van der Waals surface area (Å²) in [6.45, 7) is 1.44. The van der Waals surface area contributed by atoms with E-state index in [9.17, 15) is 19.6 Å². The molecular weight excluding hydrogens is 432 g/mol. The fraction of sp³-hybridized carbons (Fsp3) is 0.304. The standard InChI is InChI=1S/C23H22N2O6S/c1-2-30-23(29)20-17-8-3-4-9-18(17)32-22(20)25-21(28)15(12-24)10-14-6-5-7-16(11-14)31-13-19(26)27/h5-7,10-11H,2-4,8-9,13H2,1H3,(H,25,28)(H,26,27)/b15-10+. The van der Waals surface area contributed by atoms with Gasteiger partial charge in [0.15, 0.2) is 6.61 Å². The van der Waals surface area contributed by atoms with Crippen molar-refractivity contribution in [2.45, 2.75) is 32.6 Å². The first kappa shape index (κ1) is 23.0. The zero-order chi connectivity index (χ0) is 23.1. The summed E-state index contributed by atoms with van der Waals surface area (Å²) in [5, 5.41) is 21.4. The maximum absolute atomic E-state index is 12.8. The highest BCUT2D eigenvalue weighted by Crippen LogP contribution is 2.38. The fourth-order valence-corrected chi connectivity index (χ4v) is 4.67.